The molecule has 19 heavy (non-hydrogen) atoms. The number of amides is 1. The number of hydrogen-bond acceptors (Lipinski definition) is 2. The molecular weight excluding hydrogens is 262 g/mol. The second-order valence-electron chi connectivity index (χ2n) is 4.33. The van der Waals surface area contributed by atoms with Crippen LogP contribution in [0.15, 0.2) is 24.4 Å². The summed E-state index contributed by atoms with van der Waals surface area (Å²) in [6.07, 6.45) is 1.59. The van der Waals surface area contributed by atoms with E-state index in [0.717, 1.165) is 23.5 Å². The number of aryl methyl sites for hydroxylation is 1. The standard InChI is InChI=1S/C14H16ClN3O/c1-4-18-10(3)11(8-16-18)14(19)17-13-7-5-6-12(15)9(13)2/h5-8H,4H2,1-3H3,(H,17,19). The molecule has 0 radical (unpaired) electrons. The van der Waals surface area contributed by atoms with Crippen LogP contribution in [0.25, 0.3) is 0 Å². The highest BCUT2D eigenvalue weighted by Crippen LogP contribution is 2.23. The quantitative estimate of drug-likeness (QED) is 0.934. The number of rotatable bonds is 3. The van der Waals surface area contributed by atoms with E-state index in [1.54, 1.807) is 16.9 Å². The van der Waals surface area contributed by atoms with Crippen molar-refractivity contribution in [3.05, 3.63) is 46.2 Å². The van der Waals surface area contributed by atoms with Crippen LogP contribution in [-0.4, -0.2) is 15.7 Å². The van der Waals surface area contributed by atoms with Crippen molar-refractivity contribution in [1.82, 2.24) is 9.78 Å². The molecule has 0 aliphatic heterocycles. The summed E-state index contributed by atoms with van der Waals surface area (Å²) >= 11 is 6.03. The van der Waals surface area contributed by atoms with Crippen LogP contribution < -0.4 is 5.32 Å². The van der Waals surface area contributed by atoms with Crippen molar-refractivity contribution in [2.24, 2.45) is 0 Å². The molecule has 5 heteroatoms. The summed E-state index contributed by atoms with van der Waals surface area (Å²) in [6.45, 7) is 6.49. The first-order valence-electron chi connectivity index (χ1n) is 6.13. The second-order valence-corrected chi connectivity index (χ2v) is 4.73. The minimum atomic E-state index is -0.164. The van der Waals surface area contributed by atoms with Gasteiger partial charge in [0.15, 0.2) is 0 Å². The van der Waals surface area contributed by atoms with Crippen LogP contribution in [0, 0.1) is 13.8 Å². The zero-order valence-corrected chi connectivity index (χ0v) is 12.0. The Kier molecular flexibility index (Phi) is 3.90. The molecule has 1 heterocycles. The predicted octanol–water partition coefficient (Wildman–Crippen LogP) is 3.43. The number of anilines is 1. The summed E-state index contributed by atoms with van der Waals surface area (Å²) in [5.41, 5.74) is 3.03. The molecule has 0 atom stereocenters. The number of carbonyl (C=O) groups excluding carboxylic acids is 1. The van der Waals surface area contributed by atoms with Crippen molar-refractivity contribution >= 4 is 23.2 Å². The van der Waals surface area contributed by atoms with Crippen LogP contribution >= 0.6 is 11.6 Å². The van der Waals surface area contributed by atoms with Crippen LogP contribution in [0.4, 0.5) is 5.69 Å². The lowest BCUT2D eigenvalue weighted by Crippen LogP contribution is -2.14. The lowest BCUT2D eigenvalue weighted by molar-refractivity contribution is 0.102. The topological polar surface area (TPSA) is 46.9 Å². The largest absolute Gasteiger partial charge is 0.322 e. The molecule has 0 saturated heterocycles. The third-order valence-electron chi connectivity index (χ3n) is 3.16. The zero-order valence-electron chi connectivity index (χ0n) is 11.2. The molecule has 0 spiro atoms. The molecule has 0 fully saturated rings. The number of aromatic nitrogens is 2. The molecule has 0 bridgehead atoms. The summed E-state index contributed by atoms with van der Waals surface area (Å²) in [7, 11) is 0. The van der Waals surface area contributed by atoms with Crippen LogP contribution in [0.5, 0.6) is 0 Å². The van der Waals surface area contributed by atoms with Gasteiger partial charge in [0.05, 0.1) is 11.8 Å². The van der Waals surface area contributed by atoms with Gasteiger partial charge in [0.2, 0.25) is 0 Å². The molecule has 1 amide bonds. The minimum absolute atomic E-state index is 0.164. The number of hydrogen-bond donors (Lipinski definition) is 1. The van der Waals surface area contributed by atoms with Crippen molar-refractivity contribution in [3.63, 3.8) is 0 Å². The molecule has 2 aromatic rings. The van der Waals surface area contributed by atoms with Gasteiger partial charge in [-0.3, -0.25) is 9.48 Å². The first-order chi connectivity index (χ1) is 9.04. The molecule has 1 N–H and O–H groups in total. The fourth-order valence-corrected chi connectivity index (χ4v) is 2.10. The molecule has 1 aromatic heterocycles. The highest BCUT2D eigenvalue weighted by atomic mass is 35.5. The van der Waals surface area contributed by atoms with Gasteiger partial charge in [-0.1, -0.05) is 17.7 Å². The average Bonchev–Trinajstić information content (AvgIpc) is 2.76. The van der Waals surface area contributed by atoms with Gasteiger partial charge in [0, 0.05) is 22.9 Å². The maximum Gasteiger partial charge on any atom is 0.259 e. The van der Waals surface area contributed by atoms with Crippen LogP contribution in [-0.2, 0) is 6.54 Å². The molecule has 1 aromatic carbocycles. The van der Waals surface area contributed by atoms with Crippen LogP contribution in [0.2, 0.25) is 5.02 Å². The summed E-state index contributed by atoms with van der Waals surface area (Å²) in [5.74, 6) is -0.164. The van der Waals surface area contributed by atoms with E-state index in [9.17, 15) is 4.79 Å². The van der Waals surface area contributed by atoms with Crippen molar-refractivity contribution in [2.75, 3.05) is 5.32 Å². The van der Waals surface area contributed by atoms with Crippen molar-refractivity contribution in [1.29, 1.82) is 0 Å². The smallest absolute Gasteiger partial charge is 0.259 e. The lowest BCUT2D eigenvalue weighted by Gasteiger charge is -2.09. The molecule has 0 aliphatic carbocycles. The fraction of sp³-hybridized carbons (Fsp3) is 0.286. The number of nitrogens with zero attached hydrogens (tertiary/aromatic N) is 2. The molecule has 4 nitrogen and oxygen atoms in total. The van der Waals surface area contributed by atoms with Gasteiger partial charge < -0.3 is 5.32 Å². The fourth-order valence-electron chi connectivity index (χ4n) is 1.92. The van der Waals surface area contributed by atoms with Gasteiger partial charge >= 0.3 is 0 Å². The Hall–Kier alpha value is -1.81. The Balaban J connectivity index is 2.26. The Morgan fingerprint density at radius 1 is 1.42 bits per heavy atom. The van der Waals surface area contributed by atoms with E-state index in [1.807, 2.05) is 32.9 Å². The third kappa shape index (κ3) is 2.63. The highest BCUT2D eigenvalue weighted by molar-refractivity contribution is 6.31. The number of benzene rings is 1. The minimum Gasteiger partial charge on any atom is -0.322 e. The van der Waals surface area contributed by atoms with Crippen LogP contribution in [0.1, 0.15) is 28.5 Å². The molecular formula is C14H16ClN3O. The maximum absolute atomic E-state index is 12.2. The number of carbonyl (C=O) groups is 1. The van der Waals surface area contributed by atoms with E-state index in [-0.39, 0.29) is 5.91 Å². The zero-order chi connectivity index (χ0) is 14.0. The van der Waals surface area contributed by atoms with E-state index in [2.05, 4.69) is 10.4 Å². The van der Waals surface area contributed by atoms with E-state index in [4.69, 9.17) is 11.6 Å². The third-order valence-corrected chi connectivity index (χ3v) is 3.57. The van der Waals surface area contributed by atoms with Gasteiger partial charge in [-0.15, -0.1) is 0 Å². The SMILES string of the molecule is CCn1ncc(C(=O)Nc2cccc(Cl)c2C)c1C. The van der Waals surface area contributed by atoms with Gasteiger partial charge in [-0.2, -0.15) is 5.10 Å². The Bertz CT molecular complexity index is 619. The normalized spacial score (nSPS) is 10.5. The second kappa shape index (κ2) is 5.45. The molecule has 0 aliphatic rings. The van der Waals surface area contributed by atoms with Crippen molar-refractivity contribution in [2.45, 2.75) is 27.3 Å². The Morgan fingerprint density at radius 2 is 2.16 bits per heavy atom. The Morgan fingerprint density at radius 3 is 2.79 bits per heavy atom. The molecule has 100 valence electrons. The number of halogens is 1. The highest BCUT2D eigenvalue weighted by Gasteiger charge is 2.14. The summed E-state index contributed by atoms with van der Waals surface area (Å²) in [5, 5.41) is 7.67. The first-order valence-corrected chi connectivity index (χ1v) is 6.51. The van der Waals surface area contributed by atoms with E-state index >= 15 is 0 Å². The Labute approximate surface area is 117 Å². The van der Waals surface area contributed by atoms with Gasteiger partial charge in [0.25, 0.3) is 5.91 Å². The first kappa shape index (κ1) is 13.6. The van der Waals surface area contributed by atoms with Crippen molar-refractivity contribution < 1.29 is 4.79 Å². The van der Waals surface area contributed by atoms with Gasteiger partial charge in [-0.05, 0) is 38.5 Å². The summed E-state index contributed by atoms with van der Waals surface area (Å²) < 4.78 is 1.79. The number of nitrogens with one attached hydrogen (secondary N) is 1. The lowest BCUT2D eigenvalue weighted by atomic mass is 10.2. The van der Waals surface area contributed by atoms with Crippen molar-refractivity contribution in [3.8, 4) is 0 Å². The van der Waals surface area contributed by atoms with Gasteiger partial charge in [-0.25, -0.2) is 0 Å². The predicted molar refractivity (Wildman–Crippen MR) is 76.8 cm³/mol. The monoisotopic (exact) mass is 277 g/mol. The summed E-state index contributed by atoms with van der Waals surface area (Å²) in [4.78, 5) is 12.2. The van der Waals surface area contributed by atoms with E-state index < -0.39 is 0 Å². The maximum atomic E-state index is 12.2. The molecule has 0 saturated carbocycles. The summed E-state index contributed by atoms with van der Waals surface area (Å²) in [6, 6.07) is 5.44. The van der Waals surface area contributed by atoms with Crippen LogP contribution in [0.3, 0.4) is 0 Å². The average molecular weight is 278 g/mol. The van der Waals surface area contributed by atoms with Gasteiger partial charge in [0.1, 0.15) is 0 Å². The van der Waals surface area contributed by atoms with E-state index in [0.29, 0.717) is 10.6 Å². The van der Waals surface area contributed by atoms with E-state index in [1.165, 1.54) is 0 Å². The molecule has 0 unspecified atom stereocenters. The molecule has 2 rings (SSSR count).